The third kappa shape index (κ3) is 3.72. The van der Waals surface area contributed by atoms with Crippen molar-refractivity contribution < 1.29 is 4.74 Å². The van der Waals surface area contributed by atoms with Gasteiger partial charge in [-0.1, -0.05) is 6.07 Å². The molecule has 96 valence electrons. The predicted octanol–water partition coefficient (Wildman–Crippen LogP) is 2.31. The largest absolute Gasteiger partial charge is 0.496 e. The van der Waals surface area contributed by atoms with Crippen molar-refractivity contribution in [1.29, 1.82) is 0 Å². The first-order valence-corrected chi connectivity index (χ1v) is 6.15. The third-order valence-corrected chi connectivity index (χ3v) is 3.03. The molecule has 1 aromatic rings. The van der Waals surface area contributed by atoms with E-state index in [1.165, 1.54) is 11.1 Å². The first kappa shape index (κ1) is 14.0. The molecule has 0 radical (unpaired) electrons. The Morgan fingerprint density at radius 1 is 1.35 bits per heavy atom. The lowest BCUT2D eigenvalue weighted by atomic mass is 9.95. The molecular formula is C14H24N2O. The molecule has 0 aliphatic heterocycles. The van der Waals surface area contributed by atoms with Crippen LogP contribution in [0.15, 0.2) is 12.1 Å². The normalized spacial score (nSPS) is 12.5. The molecule has 1 rings (SSSR count). The van der Waals surface area contributed by atoms with Gasteiger partial charge in [0.1, 0.15) is 5.75 Å². The topological polar surface area (TPSA) is 47.3 Å². The summed E-state index contributed by atoms with van der Waals surface area (Å²) in [6.07, 6.45) is 2.05. The minimum atomic E-state index is 0.0545. The van der Waals surface area contributed by atoms with Crippen LogP contribution in [0.2, 0.25) is 0 Å². The number of aryl methyl sites for hydroxylation is 2. The number of nitrogens with two attached hydrogens (primary N) is 1. The van der Waals surface area contributed by atoms with E-state index in [0.717, 1.165) is 30.7 Å². The minimum absolute atomic E-state index is 0.0545. The molecule has 0 heterocycles. The van der Waals surface area contributed by atoms with Gasteiger partial charge in [0.15, 0.2) is 0 Å². The quantitative estimate of drug-likeness (QED) is 0.745. The highest BCUT2D eigenvalue weighted by Crippen LogP contribution is 2.30. The second-order valence-corrected chi connectivity index (χ2v) is 4.55. The third-order valence-electron chi connectivity index (χ3n) is 3.03. The van der Waals surface area contributed by atoms with Gasteiger partial charge < -0.3 is 15.8 Å². The van der Waals surface area contributed by atoms with Gasteiger partial charge in [-0.05, 0) is 57.5 Å². The van der Waals surface area contributed by atoms with Gasteiger partial charge in [-0.3, -0.25) is 0 Å². The van der Waals surface area contributed by atoms with Crippen LogP contribution >= 0.6 is 0 Å². The number of nitrogens with one attached hydrogen (secondary N) is 1. The van der Waals surface area contributed by atoms with Gasteiger partial charge in [-0.2, -0.15) is 0 Å². The fraction of sp³-hybridized carbons (Fsp3) is 0.571. The van der Waals surface area contributed by atoms with E-state index >= 15 is 0 Å². The zero-order valence-electron chi connectivity index (χ0n) is 11.3. The maximum absolute atomic E-state index is 6.26. The van der Waals surface area contributed by atoms with E-state index in [0.29, 0.717) is 0 Å². The number of rotatable bonds is 6. The zero-order chi connectivity index (χ0) is 12.8. The van der Waals surface area contributed by atoms with Crippen LogP contribution < -0.4 is 15.8 Å². The molecule has 0 saturated heterocycles. The Kier molecular flexibility index (Phi) is 5.45. The number of ether oxygens (including phenoxy) is 1. The van der Waals surface area contributed by atoms with Crippen LogP contribution in [0, 0.1) is 13.8 Å². The summed E-state index contributed by atoms with van der Waals surface area (Å²) >= 11 is 0. The van der Waals surface area contributed by atoms with Gasteiger partial charge in [0, 0.05) is 11.6 Å². The highest BCUT2D eigenvalue weighted by atomic mass is 16.5. The zero-order valence-corrected chi connectivity index (χ0v) is 11.3. The fourth-order valence-corrected chi connectivity index (χ4v) is 2.23. The highest BCUT2D eigenvalue weighted by molar-refractivity contribution is 5.44. The van der Waals surface area contributed by atoms with Gasteiger partial charge in [0.2, 0.25) is 0 Å². The summed E-state index contributed by atoms with van der Waals surface area (Å²) in [5.41, 5.74) is 9.84. The standard InChI is InChI=1S/C14H24N2O/c1-10-8-11(2)14(13(9-10)17-4)12(15)6-5-7-16-3/h8-9,12,16H,5-7,15H2,1-4H3. The van der Waals surface area contributed by atoms with Crippen molar-refractivity contribution in [3.63, 3.8) is 0 Å². The number of methoxy groups -OCH3 is 1. The van der Waals surface area contributed by atoms with Crippen LogP contribution in [0.4, 0.5) is 0 Å². The van der Waals surface area contributed by atoms with Gasteiger partial charge in [0.05, 0.1) is 7.11 Å². The molecule has 3 N–H and O–H groups in total. The van der Waals surface area contributed by atoms with Crippen molar-refractivity contribution in [2.45, 2.75) is 32.7 Å². The van der Waals surface area contributed by atoms with Crippen LogP contribution in [0.1, 0.15) is 35.6 Å². The molecule has 0 bridgehead atoms. The second kappa shape index (κ2) is 6.62. The lowest BCUT2D eigenvalue weighted by Gasteiger charge is -2.19. The molecular weight excluding hydrogens is 212 g/mol. The van der Waals surface area contributed by atoms with Crippen LogP contribution in [0.25, 0.3) is 0 Å². The predicted molar refractivity (Wildman–Crippen MR) is 72.6 cm³/mol. The molecule has 0 fully saturated rings. The molecule has 3 heteroatoms. The number of hydrogen-bond donors (Lipinski definition) is 2. The molecule has 17 heavy (non-hydrogen) atoms. The van der Waals surface area contributed by atoms with E-state index < -0.39 is 0 Å². The lowest BCUT2D eigenvalue weighted by Crippen LogP contribution is -2.16. The van der Waals surface area contributed by atoms with Crippen molar-refractivity contribution in [2.24, 2.45) is 5.73 Å². The van der Waals surface area contributed by atoms with Gasteiger partial charge in [0.25, 0.3) is 0 Å². The second-order valence-electron chi connectivity index (χ2n) is 4.55. The van der Waals surface area contributed by atoms with Gasteiger partial charge in [-0.15, -0.1) is 0 Å². The van der Waals surface area contributed by atoms with E-state index in [1.807, 2.05) is 7.05 Å². The number of benzene rings is 1. The first-order valence-electron chi connectivity index (χ1n) is 6.15. The lowest BCUT2D eigenvalue weighted by molar-refractivity contribution is 0.402. The van der Waals surface area contributed by atoms with Crippen molar-refractivity contribution in [3.8, 4) is 5.75 Å². The van der Waals surface area contributed by atoms with Gasteiger partial charge in [-0.25, -0.2) is 0 Å². The first-order chi connectivity index (χ1) is 8.10. The van der Waals surface area contributed by atoms with Crippen molar-refractivity contribution >= 4 is 0 Å². The van der Waals surface area contributed by atoms with Crippen molar-refractivity contribution in [1.82, 2.24) is 5.32 Å². The molecule has 1 aromatic carbocycles. The number of hydrogen-bond acceptors (Lipinski definition) is 3. The molecule has 0 saturated carbocycles. The Balaban J connectivity index is 2.87. The molecule has 0 aromatic heterocycles. The Morgan fingerprint density at radius 3 is 2.65 bits per heavy atom. The van der Waals surface area contributed by atoms with Gasteiger partial charge >= 0.3 is 0 Å². The van der Waals surface area contributed by atoms with E-state index in [1.54, 1.807) is 7.11 Å². The summed E-state index contributed by atoms with van der Waals surface area (Å²) in [4.78, 5) is 0. The molecule has 0 amide bonds. The van der Waals surface area contributed by atoms with Crippen molar-refractivity contribution in [2.75, 3.05) is 20.7 Å². The summed E-state index contributed by atoms with van der Waals surface area (Å²) in [5, 5.41) is 3.14. The average molecular weight is 236 g/mol. The monoisotopic (exact) mass is 236 g/mol. The highest BCUT2D eigenvalue weighted by Gasteiger charge is 2.14. The van der Waals surface area contributed by atoms with E-state index in [2.05, 4.69) is 31.3 Å². The molecule has 0 aliphatic carbocycles. The SMILES string of the molecule is CNCCCC(N)c1c(C)cc(C)cc1OC. The summed E-state index contributed by atoms with van der Waals surface area (Å²) in [7, 11) is 3.67. The summed E-state index contributed by atoms with van der Waals surface area (Å²) in [6, 6.07) is 4.27. The van der Waals surface area contributed by atoms with Crippen molar-refractivity contribution in [3.05, 3.63) is 28.8 Å². The van der Waals surface area contributed by atoms with Crippen LogP contribution in [-0.2, 0) is 0 Å². The Labute approximate surface area is 104 Å². The Hall–Kier alpha value is -1.06. The summed E-state index contributed by atoms with van der Waals surface area (Å²) < 4.78 is 5.44. The van der Waals surface area contributed by atoms with Crippen LogP contribution in [0.5, 0.6) is 5.75 Å². The maximum Gasteiger partial charge on any atom is 0.124 e. The smallest absolute Gasteiger partial charge is 0.124 e. The Bertz CT molecular complexity index is 363. The van der Waals surface area contributed by atoms with Crippen LogP contribution in [0.3, 0.4) is 0 Å². The summed E-state index contributed by atoms with van der Waals surface area (Å²) in [5.74, 6) is 0.916. The molecule has 1 unspecified atom stereocenters. The summed E-state index contributed by atoms with van der Waals surface area (Å²) in [6.45, 7) is 5.18. The molecule has 0 spiro atoms. The van der Waals surface area contributed by atoms with E-state index in [4.69, 9.17) is 10.5 Å². The molecule has 3 nitrogen and oxygen atoms in total. The van der Waals surface area contributed by atoms with E-state index in [-0.39, 0.29) is 6.04 Å². The maximum atomic E-state index is 6.26. The Morgan fingerprint density at radius 2 is 2.06 bits per heavy atom. The van der Waals surface area contributed by atoms with Crippen LogP contribution in [-0.4, -0.2) is 20.7 Å². The fourth-order valence-electron chi connectivity index (χ4n) is 2.23. The van der Waals surface area contributed by atoms with E-state index in [9.17, 15) is 0 Å². The average Bonchev–Trinajstić information content (AvgIpc) is 2.27. The molecule has 0 aliphatic rings. The minimum Gasteiger partial charge on any atom is -0.496 e. The molecule has 1 atom stereocenters.